The van der Waals surface area contributed by atoms with Crippen molar-refractivity contribution in [3.05, 3.63) is 70.3 Å². The molecule has 8 rings (SSSR count). The van der Waals surface area contributed by atoms with Gasteiger partial charge in [-0.2, -0.15) is 0 Å². The molecule has 2 saturated carbocycles. The molecule has 2 N–H and O–H groups in total. The summed E-state index contributed by atoms with van der Waals surface area (Å²) in [7, 11) is -2.80. The summed E-state index contributed by atoms with van der Waals surface area (Å²) in [5, 5.41) is 11.7. The monoisotopic (exact) mass is 580 g/mol. The average molecular weight is 581 g/mol. The van der Waals surface area contributed by atoms with Crippen molar-refractivity contribution in [2.24, 2.45) is 17.8 Å². The molecule has 2 aromatic rings. The Morgan fingerprint density at radius 2 is 2.00 bits per heavy atom. The van der Waals surface area contributed by atoms with Crippen LogP contribution in [0.1, 0.15) is 60.0 Å². The number of amides is 1. The smallest absolute Gasteiger partial charge is 0.262 e. The molecular weight excluding hydrogens is 544 g/mol. The zero-order valence-corrected chi connectivity index (χ0v) is 24.3. The Kier molecular flexibility index (Phi) is 6.48. The molecule has 3 aliphatic heterocycles. The number of ether oxygens (including phenoxy) is 1. The number of nitrogens with zero attached hydrogens (tertiary/aromatic N) is 1. The van der Waals surface area contributed by atoms with E-state index in [1.807, 2.05) is 24.3 Å². The molecule has 1 amide bonds. The summed E-state index contributed by atoms with van der Waals surface area (Å²) >= 11 is 6.39. The Morgan fingerprint density at radius 1 is 1.15 bits per heavy atom. The second-order valence-corrected chi connectivity index (χ2v) is 15.4. The molecule has 6 aliphatic rings. The van der Waals surface area contributed by atoms with Crippen LogP contribution in [0.5, 0.6) is 5.75 Å². The molecule has 2 fully saturated rings. The third-order valence-corrected chi connectivity index (χ3v) is 12.4. The van der Waals surface area contributed by atoms with Crippen LogP contribution in [-0.4, -0.2) is 52.1 Å². The number of anilines is 1. The van der Waals surface area contributed by atoms with Crippen molar-refractivity contribution < 1.29 is 18.8 Å². The van der Waals surface area contributed by atoms with Crippen LogP contribution in [0.25, 0.3) is 0 Å². The number of aliphatic hydroxyl groups is 1. The minimum absolute atomic E-state index is 0.159. The maximum atomic E-state index is 13.4. The second kappa shape index (κ2) is 9.81. The summed E-state index contributed by atoms with van der Waals surface area (Å²) in [6.45, 7) is 2.08. The second-order valence-electron chi connectivity index (χ2n) is 12.7. The number of fused-ring (bicyclic) bond motifs is 5. The van der Waals surface area contributed by atoms with Gasteiger partial charge in [0.15, 0.2) is 0 Å². The third-order valence-electron chi connectivity index (χ3n) is 10.2. The lowest BCUT2D eigenvalue weighted by Gasteiger charge is -2.45. The molecule has 0 saturated heterocycles. The number of aryl methyl sites for hydroxylation is 1. The molecule has 1 spiro atoms. The van der Waals surface area contributed by atoms with Gasteiger partial charge in [-0.25, -0.2) is 4.21 Å². The van der Waals surface area contributed by atoms with Crippen molar-refractivity contribution in [2.75, 3.05) is 24.6 Å². The molecule has 2 aromatic carbocycles. The van der Waals surface area contributed by atoms with E-state index in [2.05, 4.69) is 33.7 Å². The van der Waals surface area contributed by atoms with Crippen molar-refractivity contribution in [1.82, 2.24) is 4.72 Å². The summed E-state index contributed by atoms with van der Waals surface area (Å²) in [6.07, 6.45) is 10.1. The van der Waals surface area contributed by atoms with Crippen LogP contribution in [0.4, 0.5) is 5.69 Å². The topological polar surface area (TPSA) is 78.9 Å². The van der Waals surface area contributed by atoms with Gasteiger partial charge in [-0.05, 0) is 110 Å². The van der Waals surface area contributed by atoms with Crippen molar-refractivity contribution in [1.29, 1.82) is 0 Å². The quantitative estimate of drug-likeness (QED) is 0.342. The van der Waals surface area contributed by atoms with E-state index in [9.17, 15) is 14.1 Å². The van der Waals surface area contributed by atoms with Gasteiger partial charge >= 0.3 is 0 Å². The SMILES string of the molecule is C=S1(=O)NC(=O)c2ccc3c(c2)N(C[C@@H]2CC[C@H]2[C@@H](O)/C=C/C2CC1C2)C[C@@]1(CCCc2cc(Cl)ccc21)CO3. The van der Waals surface area contributed by atoms with Gasteiger partial charge in [-0.15, -0.1) is 0 Å². The van der Waals surface area contributed by atoms with Crippen LogP contribution in [0, 0.1) is 17.8 Å². The molecule has 0 radical (unpaired) electrons. The molecule has 1 unspecified atom stereocenters. The summed E-state index contributed by atoms with van der Waals surface area (Å²) < 4.78 is 22.7. The Balaban J connectivity index is 1.30. The van der Waals surface area contributed by atoms with Gasteiger partial charge in [0.05, 0.1) is 28.1 Å². The third kappa shape index (κ3) is 4.54. The number of aliphatic hydroxyl groups excluding tert-OH is 1. The number of carbonyl (C=O) groups is 1. The number of benzene rings is 2. The van der Waals surface area contributed by atoms with E-state index in [0.29, 0.717) is 30.9 Å². The van der Waals surface area contributed by atoms with E-state index in [4.69, 9.17) is 16.3 Å². The lowest BCUT2D eigenvalue weighted by atomic mass is 9.68. The summed E-state index contributed by atoms with van der Waals surface area (Å²) in [4.78, 5) is 15.8. The van der Waals surface area contributed by atoms with E-state index in [1.165, 1.54) is 11.1 Å². The summed E-state index contributed by atoms with van der Waals surface area (Å²) in [6, 6.07) is 11.8. The van der Waals surface area contributed by atoms with E-state index in [1.54, 1.807) is 6.07 Å². The summed E-state index contributed by atoms with van der Waals surface area (Å²) in [5.74, 6) is 5.12. The first-order valence-corrected chi connectivity index (χ1v) is 16.7. The number of nitrogens with one attached hydrogen (secondary N) is 1. The number of hydrogen-bond donors (Lipinski definition) is 2. The number of hydrogen-bond acceptors (Lipinski definition) is 5. The standard InChI is InChI=1S/C32H37ClN2O4S/c1-40(38)25-13-20(14-25)4-10-29(36)26-8-5-23(26)17-35-18-32(12-2-3-21-15-24(33)7-9-27(21)32)19-39-30-11-6-22(16-28(30)35)31(37)34-40/h4,6-7,9-11,15-16,20,23,25-26,29,36H,1-3,5,8,12-14,17-19H2,(H,34,37,38)/b10-4+/t20?,23-,25?,26+,29-,32-,40?/m0/s1. The molecule has 5 atom stereocenters. The number of rotatable bonds is 0. The lowest BCUT2D eigenvalue weighted by Crippen LogP contribution is -2.49. The highest BCUT2D eigenvalue weighted by molar-refractivity contribution is 7.99. The lowest BCUT2D eigenvalue weighted by molar-refractivity contribution is 0.0453. The van der Waals surface area contributed by atoms with Gasteiger partial charge in [0.2, 0.25) is 0 Å². The van der Waals surface area contributed by atoms with Gasteiger partial charge in [0, 0.05) is 34.3 Å². The Morgan fingerprint density at radius 3 is 2.80 bits per heavy atom. The van der Waals surface area contributed by atoms with Crippen molar-refractivity contribution in [2.45, 2.75) is 61.7 Å². The molecule has 40 heavy (non-hydrogen) atoms. The first kappa shape index (κ1) is 26.4. The van der Waals surface area contributed by atoms with Crippen LogP contribution in [0.3, 0.4) is 0 Å². The Bertz CT molecular complexity index is 1480. The molecule has 8 heteroatoms. The Labute approximate surface area is 241 Å². The van der Waals surface area contributed by atoms with Crippen LogP contribution in [0.2, 0.25) is 5.02 Å². The van der Waals surface area contributed by atoms with Crippen LogP contribution in [-0.2, 0) is 21.5 Å². The largest absolute Gasteiger partial charge is 0.490 e. The zero-order chi connectivity index (χ0) is 27.6. The minimum atomic E-state index is -2.80. The highest BCUT2D eigenvalue weighted by Gasteiger charge is 2.44. The normalized spacial score (nSPS) is 37.5. The molecule has 4 bridgehead atoms. The van der Waals surface area contributed by atoms with Gasteiger partial charge < -0.3 is 14.7 Å². The maximum absolute atomic E-state index is 13.4. The van der Waals surface area contributed by atoms with E-state index >= 15 is 0 Å². The first-order chi connectivity index (χ1) is 19.2. The molecule has 3 heterocycles. The van der Waals surface area contributed by atoms with Crippen LogP contribution < -0.4 is 14.4 Å². The molecular formula is C32H37ClN2O4S. The predicted octanol–water partition coefficient (Wildman–Crippen LogP) is 4.91. The fourth-order valence-electron chi connectivity index (χ4n) is 7.60. The average Bonchev–Trinajstić information content (AvgIpc) is 3.01. The van der Waals surface area contributed by atoms with E-state index in [0.717, 1.165) is 61.7 Å². The van der Waals surface area contributed by atoms with Crippen molar-refractivity contribution in [3.8, 4) is 5.75 Å². The molecule has 212 valence electrons. The van der Waals surface area contributed by atoms with Crippen LogP contribution >= 0.6 is 11.6 Å². The minimum Gasteiger partial charge on any atom is -0.490 e. The molecule has 3 aliphatic carbocycles. The zero-order valence-electron chi connectivity index (χ0n) is 22.7. The number of carbonyl (C=O) groups excluding carboxylic acids is 1. The Hall–Kier alpha value is -2.48. The molecule has 0 aromatic heterocycles. The molecule has 6 nitrogen and oxygen atoms in total. The van der Waals surface area contributed by atoms with Gasteiger partial charge in [0.25, 0.3) is 5.91 Å². The van der Waals surface area contributed by atoms with E-state index in [-0.39, 0.29) is 28.4 Å². The van der Waals surface area contributed by atoms with Crippen LogP contribution in [0.15, 0.2) is 48.6 Å². The van der Waals surface area contributed by atoms with Gasteiger partial charge in [-0.1, -0.05) is 29.8 Å². The number of allylic oxidation sites excluding steroid dienone is 1. The number of halogens is 1. The van der Waals surface area contributed by atoms with Crippen molar-refractivity contribution in [3.63, 3.8) is 0 Å². The highest BCUT2D eigenvalue weighted by atomic mass is 35.5. The van der Waals surface area contributed by atoms with Crippen molar-refractivity contribution >= 4 is 38.8 Å². The maximum Gasteiger partial charge on any atom is 0.262 e. The fraction of sp³-hybridized carbons (Fsp3) is 0.500. The van der Waals surface area contributed by atoms with Gasteiger partial charge in [0.1, 0.15) is 5.75 Å². The van der Waals surface area contributed by atoms with E-state index < -0.39 is 15.8 Å². The summed E-state index contributed by atoms with van der Waals surface area (Å²) in [5.41, 5.74) is 3.72. The van der Waals surface area contributed by atoms with Gasteiger partial charge in [-0.3, -0.25) is 9.52 Å². The first-order valence-electron chi connectivity index (χ1n) is 14.6. The fourth-order valence-corrected chi connectivity index (χ4v) is 9.51. The predicted molar refractivity (Wildman–Crippen MR) is 161 cm³/mol. The highest BCUT2D eigenvalue weighted by Crippen LogP contribution is 2.47.